The van der Waals surface area contributed by atoms with Gasteiger partial charge in [0, 0.05) is 6.54 Å². The third kappa shape index (κ3) is 9.72. The lowest BCUT2D eigenvalue weighted by Crippen LogP contribution is -2.49. The van der Waals surface area contributed by atoms with E-state index in [1.54, 1.807) is 35.5 Å². The Morgan fingerprint density at radius 1 is 0.974 bits per heavy atom. The SMILES string of the molecule is CC(C)CN(CC(=O)N(Cc1ccccc1)NC(=O)OCc1ccccc1)/N=C/c1cccc(B(O)O)c1. The van der Waals surface area contributed by atoms with E-state index in [1.165, 1.54) is 5.01 Å². The number of nitrogens with one attached hydrogen (secondary N) is 1. The fourth-order valence-corrected chi connectivity index (χ4v) is 3.59. The molecule has 3 rings (SSSR count). The van der Waals surface area contributed by atoms with Crippen LogP contribution in [0.25, 0.3) is 0 Å². The van der Waals surface area contributed by atoms with Gasteiger partial charge in [0.05, 0.1) is 12.8 Å². The van der Waals surface area contributed by atoms with Crippen LogP contribution in [0.3, 0.4) is 0 Å². The van der Waals surface area contributed by atoms with Gasteiger partial charge in [-0.1, -0.05) is 98.8 Å². The maximum absolute atomic E-state index is 13.4. The standard InChI is InChI=1S/C28H33BN4O5/c1-22(2)18-32(30-17-25-14-9-15-26(16-25)29(36)37)20-27(34)33(19-23-10-5-3-6-11-23)31-28(35)38-21-24-12-7-4-8-13-24/h3-17,22,36-37H,18-21H2,1-2H3,(H,31,35)/b30-17+. The van der Waals surface area contributed by atoms with Crippen molar-refractivity contribution in [3.05, 3.63) is 102 Å². The summed E-state index contributed by atoms with van der Waals surface area (Å²) in [5, 5.41) is 26.2. The molecule has 0 radical (unpaired) electrons. The van der Waals surface area contributed by atoms with Gasteiger partial charge in [-0.2, -0.15) is 5.10 Å². The van der Waals surface area contributed by atoms with Crippen LogP contribution >= 0.6 is 0 Å². The van der Waals surface area contributed by atoms with E-state index in [9.17, 15) is 19.6 Å². The van der Waals surface area contributed by atoms with Gasteiger partial charge in [-0.3, -0.25) is 9.80 Å². The molecule has 198 valence electrons. The van der Waals surface area contributed by atoms with Crippen LogP contribution in [0, 0.1) is 5.92 Å². The molecule has 10 heteroatoms. The van der Waals surface area contributed by atoms with Crippen molar-refractivity contribution in [1.82, 2.24) is 15.4 Å². The second kappa shape index (κ2) is 14.6. The van der Waals surface area contributed by atoms with Gasteiger partial charge in [-0.15, -0.1) is 0 Å². The Hall–Kier alpha value is -4.15. The lowest BCUT2D eigenvalue weighted by Gasteiger charge is -2.27. The molecule has 0 heterocycles. The molecule has 0 saturated carbocycles. The highest BCUT2D eigenvalue weighted by atomic mass is 16.6. The van der Waals surface area contributed by atoms with Crippen LogP contribution in [-0.4, -0.2) is 58.5 Å². The molecule has 0 aliphatic heterocycles. The number of carbonyl (C=O) groups is 2. The van der Waals surface area contributed by atoms with Crippen LogP contribution in [0.4, 0.5) is 4.79 Å². The van der Waals surface area contributed by atoms with Gasteiger partial charge in [0.1, 0.15) is 13.2 Å². The number of nitrogens with zero attached hydrogens (tertiary/aromatic N) is 3. The van der Waals surface area contributed by atoms with Gasteiger partial charge in [-0.05, 0) is 28.1 Å². The topological polar surface area (TPSA) is 115 Å². The van der Waals surface area contributed by atoms with E-state index < -0.39 is 13.2 Å². The molecular formula is C28H33BN4O5. The quantitative estimate of drug-likeness (QED) is 0.205. The first-order valence-corrected chi connectivity index (χ1v) is 12.4. The highest BCUT2D eigenvalue weighted by Crippen LogP contribution is 2.07. The van der Waals surface area contributed by atoms with E-state index >= 15 is 0 Å². The van der Waals surface area contributed by atoms with Crippen LogP contribution in [0.15, 0.2) is 90.0 Å². The first-order valence-electron chi connectivity index (χ1n) is 12.4. The summed E-state index contributed by atoms with van der Waals surface area (Å²) >= 11 is 0. The van der Waals surface area contributed by atoms with Gasteiger partial charge in [0.15, 0.2) is 0 Å². The van der Waals surface area contributed by atoms with E-state index in [2.05, 4.69) is 10.5 Å². The molecule has 0 bridgehead atoms. The van der Waals surface area contributed by atoms with Gasteiger partial charge in [0.2, 0.25) is 0 Å². The minimum Gasteiger partial charge on any atom is -0.443 e. The fraction of sp³-hybridized carbons (Fsp3) is 0.250. The summed E-state index contributed by atoms with van der Waals surface area (Å²) in [5.74, 6) is -0.167. The largest absolute Gasteiger partial charge is 0.488 e. The summed E-state index contributed by atoms with van der Waals surface area (Å²) in [4.78, 5) is 25.9. The number of benzene rings is 3. The third-order valence-corrected chi connectivity index (χ3v) is 5.40. The molecule has 0 atom stereocenters. The zero-order chi connectivity index (χ0) is 27.3. The average Bonchev–Trinajstić information content (AvgIpc) is 2.91. The zero-order valence-electron chi connectivity index (χ0n) is 21.6. The average molecular weight is 516 g/mol. The van der Waals surface area contributed by atoms with Gasteiger partial charge < -0.3 is 14.8 Å². The maximum atomic E-state index is 13.4. The second-order valence-electron chi connectivity index (χ2n) is 9.17. The summed E-state index contributed by atoms with van der Waals surface area (Å²) < 4.78 is 5.32. The first-order chi connectivity index (χ1) is 18.3. The lowest BCUT2D eigenvalue weighted by molar-refractivity contribution is -0.136. The molecule has 3 aromatic rings. The first kappa shape index (κ1) is 28.4. The van der Waals surface area contributed by atoms with Crippen molar-refractivity contribution >= 4 is 30.8 Å². The smallest absolute Gasteiger partial charge is 0.443 e. The fourth-order valence-electron chi connectivity index (χ4n) is 3.59. The molecule has 0 aromatic heterocycles. The third-order valence-electron chi connectivity index (χ3n) is 5.40. The summed E-state index contributed by atoms with van der Waals surface area (Å²) in [6.07, 6.45) is 0.821. The van der Waals surface area contributed by atoms with Crippen molar-refractivity contribution in [3.8, 4) is 0 Å². The van der Waals surface area contributed by atoms with E-state index in [4.69, 9.17) is 4.74 Å². The van der Waals surface area contributed by atoms with Gasteiger partial charge in [0.25, 0.3) is 5.91 Å². The molecule has 3 aromatic carbocycles. The Labute approximate surface area is 223 Å². The van der Waals surface area contributed by atoms with E-state index in [-0.39, 0.29) is 31.5 Å². The molecule has 0 aliphatic carbocycles. The number of hydrogen-bond acceptors (Lipinski definition) is 7. The molecule has 0 fully saturated rings. The number of amides is 2. The Bertz CT molecular complexity index is 1190. The van der Waals surface area contributed by atoms with Crippen LogP contribution in [0.5, 0.6) is 0 Å². The minimum absolute atomic E-state index is 0.0748. The van der Waals surface area contributed by atoms with Crippen molar-refractivity contribution in [2.45, 2.75) is 27.0 Å². The molecular weight excluding hydrogens is 483 g/mol. The monoisotopic (exact) mass is 516 g/mol. The van der Waals surface area contributed by atoms with Crippen molar-refractivity contribution in [2.75, 3.05) is 13.1 Å². The molecule has 2 amide bonds. The minimum atomic E-state index is -1.59. The Morgan fingerprint density at radius 3 is 2.26 bits per heavy atom. The summed E-state index contributed by atoms with van der Waals surface area (Å²) in [6, 6.07) is 25.3. The molecule has 0 saturated heterocycles. The van der Waals surface area contributed by atoms with Crippen LogP contribution in [0.2, 0.25) is 0 Å². The van der Waals surface area contributed by atoms with Crippen molar-refractivity contribution in [1.29, 1.82) is 0 Å². The molecule has 38 heavy (non-hydrogen) atoms. The number of rotatable bonds is 11. The number of hydrazine groups is 1. The number of ether oxygens (including phenoxy) is 1. The lowest BCUT2D eigenvalue weighted by atomic mass is 9.80. The van der Waals surface area contributed by atoms with Crippen molar-refractivity contribution < 1.29 is 24.4 Å². The maximum Gasteiger partial charge on any atom is 0.488 e. The molecule has 0 spiro atoms. The second-order valence-corrected chi connectivity index (χ2v) is 9.17. The van der Waals surface area contributed by atoms with Crippen molar-refractivity contribution in [2.24, 2.45) is 11.0 Å². The Kier molecular flexibility index (Phi) is 10.9. The summed E-state index contributed by atoms with van der Waals surface area (Å²) in [7, 11) is -1.59. The number of hydrogen-bond donors (Lipinski definition) is 3. The van der Waals surface area contributed by atoms with Crippen LogP contribution < -0.4 is 10.9 Å². The molecule has 3 N–H and O–H groups in total. The normalized spacial score (nSPS) is 10.9. The van der Waals surface area contributed by atoms with Crippen molar-refractivity contribution in [3.63, 3.8) is 0 Å². The highest BCUT2D eigenvalue weighted by molar-refractivity contribution is 6.58. The zero-order valence-corrected chi connectivity index (χ0v) is 21.6. The molecule has 0 aliphatic rings. The Balaban J connectivity index is 1.72. The van der Waals surface area contributed by atoms with Gasteiger partial charge >= 0.3 is 13.2 Å². The van der Waals surface area contributed by atoms with E-state index in [1.807, 2.05) is 74.5 Å². The molecule has 0 unspecified atom stereocenters. The van der Waals surface area contributed by atoms with E-state index in [0.29, 0.717) is 17.6 Å². The van der Waals surface area contributed by atoms with Crippen LogP contribution in [0.1, 0.15) is 30.5 Å². The summed E-state index contributed by atoms with van der Waals surface area (Å²) in [5.41, 5.74) is 5.24. The van der Waals surface area contributed by atoms with Crippen LogP contribution in [-0.2, 0) is 22.7 Å². The Morgan fingerprint density at radius 2 is 1.63 bits per heavy atom. The highest BCUT2D eigenvalue weighted by Gasteiger charge is 2.21. The van der Waals surface area contributed by atoms with E-state index in [0.717, 1.165) is 11.1 Å². The van der Waals surface area contributed by atoms with Gasteiger partial charge in [-0.25, -0.2) is 15.2 Å². The number of carbonyl (C=O) groups excluding carboxylic acids is 2. The predicted molar refractivity (Wildman–Crippen MR) is 147 cm³/mol. The predicted octanol–water partition coefficient (Wildman–Crippen LogP) is 2.53. The number of hydrazone groups is 1. The summed E-state index contributed by atoms with van der Waals surface area (Å²) in [6.45, 7) is 4.64. The molecule has 9 nitrogen and oxygen atoms in total.